The number of fused-ring (bicyclic) bond motifs is 1. The van der Waals surface area contributed by atoms with Crippen LogP contribution in [0.2, 0.25) is 0 Å². The highest BCUT2D eigenvalue weighted by Crippen LogP contribution is 3.06. The summed E-state index contributed by atoms with van der Waals surface area (Å²) in [6.07, 6.45) is 0. The van der Waals surface area contributed by atoms with Crippen LogP contribution in [0.15, 0.2) is 47.3 Å². The third-order valence-corrected chi connectivity index (χ3v) is 10.4. The van der Waals surface area contributed by atoms with Crippen LogP contribution in [0.25, 0.3) is 28.0 Å². The van der Waals surface area contributed by atoms with Crippen LogP contribution < -0.4 is 11.4 Å². The summed E-state index contributed by atoms with van der Waals surface area (Å²) in [6, 6.07) is 13.6. The zero-order chi connectivity index (χ0) is 23.4. The maximum absolute atomic E-state index is 13.6. The molecule has 174 valence electrons. The van der Waals surface area contributed by atoms with Gasteiger partial charge in [-0.1, -0.05) is 30.3 Å². The van der Waals surface area contributed by atoms with Gasteiger partial charge in [0.2, 0.25) is 5.95 Å². The van der Waals surface area contributed by atoms with Crippen molar-refractivity contribution in [1.29, 1.82) is 0 Å². The molecule has 0 unspecified atom stereocenters. The van der Waals surface area contributed by atoms with Crippen molar-refractivity contribution in [3.8, 4) is 22.4 Å². The Hall–Kier alpha value is -3.52. The summed E-state index contributed by atoms with van der Waals surface area (Å²) in [7, 11) is 0. The SMILES string of the molecule is Cc1cc(-c2c(-c3ccccc3)nc(N)n3c(=O)n(CC45C6C7C8C6C4C8C75)nc23)cc(CO)n1. The van der Waals surface area contributed by atoms with Crippen molar-refractivity contribution < 1.29 is 5.11 Å². The van der Waals surface area contributed by atoms with Crippen molar-refractivity contribution in [3.63, 3.8) is 0 Å². The maximum atomic E-state index is 13.6. The third-order valence-electron chi connectivity index (χ3n) is 10.4. The maximum Gasteiger partial charge on any atom is 0.353 e. The molecule has 3 N–H and O–H groups in total. The molecule has 4 aromatic rings. The molecule has 8 nitrogen and oxygen atoms in total. The number of pyridine rings is 1. The van der Waals surface area contributed by atoms with Crippen molar-refractivity contribution in [2.24, 2.45) is 46.8 Å². The molecule has 6 fully saturated rings. The molecule has 0 bridgehead atoms. The fraction of sp³-hybridized carbons (Fsp3) is 0.407. The number of nitrogens with two attached hydrogens (primary N) is 1. The quantitative estimate of drug-likeness (QED) is 0.469. The summed E-state index contributed by atoms with van der Waals surface area (Å²) in [4.78, 5) is 22.8. The Morgan fingerprint density at radius 2 is 1.71 bits per heavy atom. The minimum atomic E-state index is -0.215. The second-order valence-corrected chi connectivity index (χ2v) is 11.3. The normalized spacial score (nSPS) is 36.0. The summed E-state index contributed by atoms with van der Waals surface area (Å²) in [5.74, 6) is 6.51. The standard InChI is InChI=1S/C27H24N6O2/c1-11-7-13(8-14(9-34)29-11)15-23(12-5-3-2-4-6-12)30-25(28)33-24(15)31-32(26(33)35)10-27-20-17-16-18(20)22(27)19(16)21(17)27/h2-8,16-22,34H,9-10H2,1H3,(H2,28,30). The lowest BCUT2D eigenvalue weighted by atomic mass is 8.96. The van der Waals surface area contributed by atoms with Crippen LogP contribution in [0, 0.1) is 53.8 Å². The van der Waals surface area contributed by atoms with Gasteiger partial charge < -0.3 is 10.8 Å². The molecule has 10 rings (SSSR count). The molecule has 0 amide bonds. The molecule has 1 aromatic carbocycles. The number of anilines is 1. The van der Waals surface area contributed by atoms with Crippen molar-refractivity contribution in [1.82, 2.24) is 24.1 Å². The van der Waals surface area contributed by atoms with Crippen LogP contribution in [-0.4, -0.2) is 29.3 Å². The van der Waals surface area contributed by atoms with Gasteiger partial charge in [-0.3, -0.25) is 4.98 Å². The van der Waals surface area contributed by atoms with Gasteiger partial charge in [0.15, 0.2) is 5.65 Å². The first-order valence-corrected chi connectivity index (χ1v) is 12.5. The Labute approximate surface area is 200 Å². The van der Waals surface area contributed by atoms with Gasteiger partial charge in [-0.2, -0.15) is 0 Å². The predicted molar refractivity (Wildman–Crippen MR) is 128 cm³/mol. The fourth-order valence-electron chi connectivity index (χ4n) is 9.49. The zero-order valence-corrected chi connectivity index (χ0v) is 19.2. The summed E-state index contributed by atoms with van der Waals surface area (Å²) in [6.45, 7) is 2.41. The Kier molecular flexibility index (Phi) is 3.03. The summed E-state index contributed by atoms with van der Waals surface area (Å²) >= 11 is 0. The van der Waals surface area contributed by atoms with E-state index in [1.807, 2.05) is 49.4 Å². The molecule has 35 heavy (non-hydrogen) atoms. The highest BCUT2D eigenvalue weighted by molar-refractivity contribution is 5.90. The van der Waals surface area contributed by atoms with Gasteiger partial charge in [-0.25, -0.2) is 18.9 Å². The van der Waals surface area contributed by atoms with Crippen LogP contribution >= 0.6 is 0 Å². The van der Waals surface area contributed by atoms with E-state index in [4.69, 9.17) is 15.8 Å². The first kappa shape index (κ1) is 18.8. The number of nitrogens with zero attached hydrogens (tertiary/aromatic N) is 5. The molecule has 6 aliphatic carbocycles. The van der Waals surface area contributed by atoms with Gasteiger partial charge in [0.25, 0.3) is 0 Å². The Balaban J connectivity index is 1.27. The molecule has 3 heterocycles. The highest BCUT2D eigenvalue weighted by atomic mass is 16.3. The summed E-state index contributed by atoms with van der Waals surface area (Å²) < 4.78 is 3.12. The van der Waals surface area contributed by atoms with Crippen LogP contribution in [0.4, 0.5) is 5.95 Å². The minimum absolute atomic E-state index is 0.140. The second kappa shape index (κ2) is 5.65. The van der Waals surface area contributed by atoms with Gasteiger partial charge in [0.05, 0.1) is 30.1 Å². The number of hydrogen-bond acceptors (Lipinski definition) is 6. The van der Waals surface area contributed by atoms with Crippen LogP contribution in [0.5, 0.6) is 0 Å². The molecular formula is C27H24N6O2. The van der Waals surface area contributed by atoms with E-state index in [-0.39, 0.29) is 18.2 Å². The Morgan fingerprint density at radius 3 is 2.40 bits per heavy atom. The van der Waals surface area contributed by atoms with Crippen molar-refractivity contribution in [2.45, 2.75) is 20.1 Å². The molecule has 6 saturated carbocycles. The number of hydrogen-bond donors (Lipinski definition) is 2. The molecule has 8 heteroatoms. The van der Waals surface area contributed by atoms with Gasteiger partial charge in [-0.05, 0) is 66.0 Å². The number of aryl methyl sites for hydroxylation is 1. The van der Waals surface area contributed by atoms with Crippen LogP contribution in [0.3, 0.4) is 0 Å². The molecule has 0 atom stereocenters. The van der Waals surface area contributed by atoms with Crippen molar-refractivity contribution in [2.75, 3.05) is 5.73 Å². The van der Waals surface area contributed by atoms with E-state index in [0.717, 1.165) is 63.8 Å². The van der Waals surface area contributed by atoms with Crippen molar-refractivity contribution >= 4 is 11.6 Å². The lowest BCUT2D eigenvalue weighted by Crippen LogP contribution is -3.05. The average Bonchev–Trinajstić information content (AvgIpc) is 3.20. The number of rotatable bonds is 5. The number of aliphatic hydroxyl groups is 1. The first-order valence-electron chi connectivity index (χ1n) is 12.5. The van der Waals surface area contributed by atoms with E-state index in [9.17, 15) is 9.90 Å². The predicted octanol–water partition coefficient (Wildman–Crippen LogP) is 2.37. The largest absolute Gasteiger partial charge is 0.390 e. The molecule has 3 aromatic heterocycles. The molecule has 0 spiro atoms. The monoisotopic (exact) mass is 464 g/mol. The number of benzene rings is 1. The van der Waals surface area contributed by atoms with Crippen LogP contribution in [0.1, 0.15) is 11.4 Å². The third kappa shape index (κ3) is 1.79. The zero-order valence-electron chi connectivity index (χ0n) is 19.2. The molecule has 0 saturated heterocycles. The van der Waals surface area contributed by atoms with Gasteiger partial charge >= 0.3 is 5.69 Å². The number of aromatic nitrogens is 5. The fourth-order valence-corrected chi connectivity index (χ4v) is 9.49. The molecule has 0 radical (unpaired) electrons. The smallest absolute Gasteiger partial charge is 0.353 e. The van der Waals surface area contributed by atoms with E-state index in [1.165, 1.54) is 4.40 Å². The van der Waals surface area contributed by atoms with E-state index in [0.29, 0.717) is 29.0 Å². The van der Waals surface area contributed by atoms with Crippen LogP contribution in [-0.2, 0) is 13.2 Å². The highest BCUT2D eigenvalue weighted by Gasteiger charge is 3.04. The Bertz CT molecular complexity index is 1620. The summed E-state index contributed by atoms with van der Waals surface area (Å²) in [5, 5.41) is 14.7. The van der Waals surface area contributed by atoms with E-state index < -0.39 is 0 Å². The summed E-state index contributed by atoms with van der Waals surface area (Å²) in [5.41, 5.74) is 11.4. The Morgan fingerprint density at radius 1 is 1.00 bits per heavy atom. The van der Waals surface area contributed by atoms with Gasteiger partial charge in [0.1, 0.15) is 0 Å². The van der Waals surface area contributed by atoms with E-state index in [2.05, 4.69) is 4.98 Å². The molecular weight excluding hydrogens is 440 g/mol. The number of nitrogen functional groups attached to an aromatic ring is 1. The average molecular weight is 465 g/mol. The molecule has 0 aliphatic heterocycles. The molecule has 6 aliphatic rings. The number of aliphatic hydroxyl groups excluding tert-OH is 1. The minimum Gasteiger partial charge on any atom is -0.390 e. The first-order chi connectivity index (χ1) is 17.0. The van der Waals surface area contributed by atoms with E-state index in [1.54, 1.807) is 4.68 Å². The second-order valence-electron chi connectivity index (χ2n) is 11.3. The lowest BCUT2D eigenvalue weighted by Gasteiger charge is -3.07. The van der Waals surface area contributed by atoms with Gasteiger partial charge in [-0.15, -0.1) is 5.10 Å². The van der Waals surface area contributed by atoms with E-state index >= 15 is 0 Å². The topological polar surface area (TPSA) is 111 Å². The van der Waals surface area contributed by atoms with Gasteiger partial charge in [0, 0.05) is 16.7 Å². The lowest BCUT2D eigenvalue weighted by molar-refractivity contribution is -0.617. The van der Waals surface area contributed by atoms with Crippen molar-refractivity contribution in [3.05, 3.63) is 64.3 Å².